The molecule has 1 aromatic carbocycles. The van der Waals surface area contributed by atoms with Crippen LogP contribution < -0.4 is 5.32 Å². The number of halogens is 2. The number of anilines is 1. The summed E-state index contributed by atoms with van der Waals surface area (Å²) in [7, 11) is 0. The molecule has 2 aromatic rings. The zero-order valence-electron chi connectivity index (χ0n) is 8.96. The van der Waals surface area contributed by atoms with Gasteiger partial charge in [0.2, 0.25) is 0 Å². The number of nitrogens with one attached hydrogen (secondary N) is 1. The lowest BCUT2D eigenvalue weighted by Crippen LogP contribution is -2.10. The summed E-state index contributed by atoms with van der Waals surface area (Å²) in [6.45, 7) is 1.97. The van der Waals surface area contributed by atoms with E-state index in [0.717, 1.165) is 9.35 Å². The monoisotopic (exact) mass is 329 g/mol. The van der Waals surface area contributed by atoms with Crippen molar-refractivity contribution in [2.45, 2.75) is 6.92 Å². The molecule has 0 bridgehead atoms. The molecule has 0 saturated carbocycles. The van der Waals surface area contributed by atoms with E-state index in [0.29, 0.717) is 15.6 Å². The van der Waals surface area contributed by atoms with E-state index in [2.05, 4.69) is 21.2 Å². The quantitative estimate of drug-likeness (QED) is 0.847. The van der Waals surface area contributed by atoms with Gasteiger partial charge in [-0.3, -0.25) is 4.79 Å². The lowest BCUT2D eigenvalue weighted by Gasteiger charge is -2.06. The molecule has 1 amide bonds. The third-order valence-electron chi connectivity index (χ3n) is 2.14. The molecule has 1 aromatic heterocycles. The van der Waals surface area contributed by atoms with Crippen LogP contribution in [0.2, 0.25) is 5.02 Å². The zero-order chi connectivity index (χ0) is 12.4. The van der Waals surface area contributed by atoms with E-state index < -0.39 is 0 Å². The Labute approximate surface area is 117 Å². The number of rotatable bonds is 2. The predicted octanol–water partition coefficient (Wildman–Crippen LogP) is 4.72. The number of amides is 1. The van der Waals surface area contributed by atoms with Gasteiger partial charge in [0, 0.05) is 9.35 Å². The van der Waals surface area contributed by atoms with E-state index in [4.69, 9.17) is 11.6 Å². The van der Waals surface area contributed by atoms with Crippen LogP contribution in [-0.4, -0.2) is 5.91 Å². The van der Waals surface area contributed by atoms with Crippen molar-refractivity contribution >= 4 is 50.5 Å². The second-order valence-electron chi connectivity index (χ2n) is 3.49. The topological polar surface area (TPSA) is 29.1 Å². The summed E-state index contributed by atoms with van der Waals surface area (Å²) in [6.07, 6.45) is 0. The summed E-state index contributed by atoms with van der Waals surface area (Å²) in [5.41, 5.74) is 0.608. The van der Waals surface area contributed by atoms with Gasteiger partial charge in [-0.05, 0) is 37.3 Å². The molecule has 0 atom stereocenters. The second-order valence-corrected chi connectivity index (χ2v) is 6.10. The van der Waals surface area contributed by atoms with Gasteiger partial charge < -0.3 is 5.32 Å². The molecule has 2 rings (SSSR count). The van der Waals surface area contributed by atoms with Crippen molar-refractivity contribution in [2.24, 2.45) is 0 Å². The Morgan fingerprint density at radius 3 is 2.76 bits per heavy atom. The van der Waals surface area contributed by atoms with Crippen LogP contribution in [0.3, 0.4) is 0 Å². The molecule has 0 aliphatic rings. The molecule has 2 nitrogen and oxygen atoms in total. The standard InChI is InChI=1S/C12H9BrClNOS/c1-7-2-5-11(17-7)12(16)15-10-6-8(13)3-4-9(10)14/h2-6H,1H3,(H,15,16). The number of benzene rings is 1. The van der Waals surface area contributed by atoms with Gasteiger partial charge in [0.1, 0.15) is 0 Å². The van der Waals surface area contributed by atoms with E-state index in [1.54, 1.807) is 18.2 Å². The van der Waals surface area contributed by atoms with Gasteiger partial charge in [-0.25, -0.2) is 0 Å². The van der Waals surface area contributed by atoms with E-state index in [1.165, 1.54) is 11.3 Å². The maximum absolute atomic E-state index is 11.9. The van der Waals surface area contributed by atoms with Gasteiger partial charge in [0.15, 0.2) is 0 Å². The van der Waals surface area contributed by atoms with Crippen LogP contribution in [0.25, 0.3) is 0 Å². The molecule has 0 aliphatic heterocycles. The minimum absolute atomic E-state index is 0.136. The van der Waals surface area contributed by atoms with Gasteiger partial charge in [0.05, 0.1) is 15.6 Å². The fourth-order valence-electron chi connectivity index (χ4n) is 1.33. The summed E-state index contributed by atoms with van der Waals surface area (Å²) < 4.78 is 0.875. The highest BCUT2D eigenvalue weighted by Gasteiger charge is 2.10. The van der Waals surface area contributed by atoms with E-state index in [-0.39, 0.29) is 5.91 Å². The van der Waals surface area contributed by atoms with E-state index in [9.17, 15) is 4.79 Å². The Hall–Kier alpha value is -0.840. The molecule has 0 unspecified atom stereocenters. The highest BCUT2D eigenvalue weighted by molar-refractivity contribution is 9.10. The van der Waals surface area contributed by atoms with Crippen LogP contribution in [-0.2, 0) is 0 Å². The van der Waals surface area contributed by atoms with Crippen molar-refractivity contribution in [1.82, 2.24) is 0 Å². The first-order valence-electron chi connectivity index (χ1n) is 4.89. The van der Waals surface area contributed by atoms with Crippen LogP contribution in [0.15, 0.2) is 34.8 Å². The zero-order valence-corrected chi connectivity index (χ0v) is 12.1. The van der Waals surface area contributed by atoms with Gasteiger partial charge in [-0.1, -0.05) is 27.5 Å². The molecular formula is C12H9BrClNOS. The van der Waals surface area contributed by atoms with Gasteiger partial charge in [0.25, 0.3) is 5.91 Å². The molecule has 0 fully saturated rings. The van der Waals surface area contributed by atoms with Gasteiger partial charge in [-0.15, -0.1) is 11.3 Å². The number of aryl methyl sites for hydroxylation is 1. The number of hydrogen-bond acceptors (Lipinski definition) is 2. The third kappa shape index (κ3) is 3.09. The first-order valence-corrected chi connectivity index (χ1v) is 6.88. The fourth-order valence-corrected chi connectivity index (χ4v) is 2.62. The van der Waals surface area contributed by atoms with Crippen molar-refractivity contribution in [3.63, 3.8) is 0 Å². The number of carbonyl (C=O) groups excluding carboxylic acids is 1. The molecular weight excluding hydrogens is 322 g/mol. The van der Waals surface area contributed by atoms with Crippen LogP contribution >= 0.6 is 38.9 Å². The first kappa shape index (κ1) is 12.6. The summed E-state index contributed by atoms with van der Waals surface area (Å²) in [5.74, 6) is -0.136. The third-order valence-corrected chi connectivity index (χ3v) is 3.96. The predicted molar refractivity (Wildman–Crippen MR) is 76.2 cm³/mol. The molecule has 0 spiro atoms. The largest absolute Gasteiger partial charge is 0.320 e. The lowest BCUT2D eigenvalue weighted by molar-refractivity contribution is 0.103. The summed E-state index contributed by atoms with van der Waals surface area (Å²) in [4.78, 5) is 13.7. The highest BCUT2D eigenvalue weighted by atomic mass is 79.9. The van der Waals surface area contributed by atoms with Crippen molar-refractivity contribution in [3.8, 4) is 0 Å². The molecule has 0 radical (unpaired) electrons. The SMILES string of the molecule is Cc1ccc(C(=O)Nc2cc(Br)ccc2Cl)s1. The lowest BCUT2D eigenvalue weighted by atomic mass is 10.3. The minimum Gasteiger partial charge on any atom is -0.320 e. The minimum atomic E-state index is -0.136. The van der Waals surface area contributed by atoms with Gasteiger partial charge in [-0.2, -0.15) is 0 Å². The van der Waals surface area contributed by atoms with Gasteiger partial charge >= 0.3 is 0 Å². The number of hydrogen-bond donors (Lipinski definition) is 1. The van der Waals surface area contributed by atoms with Crippen molar-refractivity contribution in [2.75, 3.05) is 5.32 Å². The Morgan fingerprint density at radius 1 is 1.35 bits per heavy atom. The Morgan fingerprint density at radius 2 is 2.12 bits per heavy atom. The number of carbonyl (C=O) groups is 1. The molecule has 88 valence electrons. The van der Waals surface area contributed by atoms with Crippen molar-refractivity contribution < 1.29 is 4.79 Å². The first-order chi connectivity index (χ1) is 8.06. The Balaban J connectivity index is 2.21. The fraction of sp³-hybridized carbons (Fsp3) is 0.0833. The summed E-state index contributed by atoms with van der Waals surface area (Å²) >= 11 is 10.8. The molecule has 17 heavy (non-hydrogen) atoms. The van der Waals surface area contributed by atoms with E-state index >= 15 is 0 Å². The maximum atomic E-state index is 11.9. The molecule has 1 heterocycles. The molecule has 1 N–H and O–H groups in total. The van der Waals surface area contributed by atoms with Crippen LogP contribution in [0, 0.1) is 6.92 Å². The normalized spacial score (nSPS) is 10.3. The summed E-state index contributed by atoms with van der Waals surface area (Å²) in [6, 6.07) is 9.07. The molecule has 0 aliphatic carbocycles. The van der Waals surface area contributed by atoms with Crippen LogP contribution in [0.1, 0.15) is 14.5 Å². The van der Waals surface area contributed by atoms with Crippen molar-refractivity contribution in [3.05, 3.63) is 49.6 Å². The molecule has 5 heteroatoms. The Bertz CT molecular complexity index is 567. The smallest absolute Gasteiger partial charge is 0.265 e. The number of thiophene rings is 1. The average molecular weight is 331 g/mol. The Kier molecular flexibility index (Phi) is 3.86. The van der Waals surface area contributed by atoms with Crippen molar-refractivity contribution in [1.29, 1.82) is 0 Å². The maximum Gasteiger partial charge on any atom is 0.265 e. The van der Waals surface area contributed by atoms with Crippen LogP contribution in [0.5, 0.6) is 0 Å². The summed E-state index contributed by atoms with van der Waals surface area (Å²) in [5, 5.41) is 3.31. The van der Waals surface area contributed by atoms with E-state index in [1.807, 2.05) is 19.1 Å². The van der Waals surface area contributed by atoms with Crippen LogP contribution in [0.4, 0.5) is 5.69 Å². The second kappa shape index (κ2) is 5.21. The highest BCUT2D eigenvalue weighted by Crippen LogP contribution is 2.26. The molecule has 0 saturated heterocycles. The average Bonchev–Trinajstić information content (AvgIpc) is 2.70.